The first kappa shape index (κ1) is 15.1. The number of nitro groups is 1. The summed E-state index contributed by atoms with van der Waals surface area (Å²) in [6.45, 7) is 1.74. The summed E-state index contributed by atoms with van der Waals surface area (Å²) in [5.41, 5.74) is -0.994. The Morgan fingerprint density at radius 2 is 2.24 bits per heavy atom. The smallest absolute Gasteiger partial charge is 0.270 e. The van der Waals surface area contributed by atoms with Crippen molar-refractivity contribution in [1.29, 1.82) is 0 Å². The van der Waals surface area contributed by atoms with Gasteiger partial charge in [-0.05, 0) is 24.4 Å². The summed E-state index contributed by atoms with van der Waals surface area (Å²) in [4.78, 5) is 15.0. The maximum atomic E-state index is 10.7. The van der Waals surface area contributed by atoms with Crippen LogP contribution in [0.5, 0.6) is 5.75 Å². The molecule has 0 saturated heterocycles. The first-order valence-corrected chi connectivity index (χ1v) is 7.02. The second-order valence-corrected chi connectivity index (χ2v) is 5.67. The molecule has 0 spiro atoms. The van der Waals surface area contributed by atoms with Crippen LogP contribution in [0, 0.1) is 10.1 Å². The molecule has 0 fully saturated rings. The number of aliphatic hydroxyl groups is 1. The highest BCUT2D eigenvalue weighted by Gasteiger charge is 2.23. The van der Waals surface area contributed by atoms with E-state index in [1.807, 2.05) is 17.5 Å². The number of benzene rings is 1. The van der Waals surface area contributed by atoms with Crippen molar-refractivity contribution in [3.8, 4) is 5.75 Å². The first-order chi connectivity index (χ1) is 9.90. The van der Waals surface area contributed by atoms with Gasteiger partial charge >= 0.3 is 0 Å². The van der Waals surface area contributed by atoms with Crippen LogP contribution in [0.3, 0.4) is 0 Å². The van der Waals surface area contributed by atoms with E-state index < -0.39 is 10.5 Å². The molecule has 2 aromatic rings. The summed E-state index contributed by atoms with van der Waals surface area (Å²) >= 11 is 1.42. The Morgan fingerprint density at radius 1 is 1.48 bits per heavy atom. The number of phenols is 1. The lowest BCUT2D eigenvalue weighted by Crippen LogP contribution is -2.23. The summed E-state index contributed by atoms with van der Waals surface area (Å²) in [5.74, 6) is -0.0971. The zero-order valence-corrected chi connectivity index (χ0v) is 12.1. The van der Waals surface area contributed by atoms with E-state index in [1.54, 1.807) is 6.92 Å². The number of nitro benzene ring substituents is 1. The second-order valence-electron chi connectivity index (χ2n) is 4.72. The maximum absolute atomic E-state index is 10.7. The fourth-order valence-electron chi connectivity index (χ4n) is 1.74. The number of aromatic hydroxyl groups is 1. The molecule has 0 aliphatic rings. The van der Waals surface area contributed by atoms with Crippen molar-refractivity contribution in [1.82, 2.24) is 0 Å². The van der Waals surface area contributed by atoms with Gasteiger partial charge in [0.2, 0.25) is 0 Å². The SMILES string of the molecule is CC(O)(CN=Cc1cc([N+](=O)[O-])ccc1O)c1cccs1. The van der Waals surface area contributed by atoms with E-state index in [0.29, 0.717) is 0 Å². The molecule has 0 saturated carbocycles. The molecule has 0 aliphatic carbocycles. The normalized spacial score (nSPS) is 14.2. The van der Waals surface area contributed by atoms with E-state index in [4.69, 9.17) is 0 Å². The Kier molecular flexibility index (Phi) is 4.35. The quantitative estimate of drug-likeness (QED) is 0.504. The lowest BCUT2D eigenvalue weighted by Gasteiger charge is -2.18. The molecule has 1 aromatic heterocycles. The highest BCUT2D eigenvalue weighted by atomic mass is 32.1. The van der Waals surface area contributed by atoms with Crippen LogP contribution in [-0.4, -0.2) is 27.9 Å². The molecule has 1 unspecified atom stereocenters. The fraction of sp³-hybridized carbons (Fsp3) is 0.214. The van der Waals surface area contributed by atoms with Gasteiger partial charge in [0.1, 0.15) is 11.4 Å². The van der Waals surface area contributed by atoms with E-state index in [1.165, 1.54) is 35.8 Å². The minimum atomic E-state index is -1.11. The molecule has 21 heavy (non-hydrogen) atoms. The molecule has 1 heterocycles. The number of rotatable bonds is 5. The third-order valence-corrected chi connectivity index (χ3v) is 4.03. The average molecular weight is 306 g/mol. The number of thiophene rings is 1. The van der Waals surface area contributed by atoms with Crippen LogP contribution in [0.25, 0.3) is 0 Å². The molecular weight excluding hydrogens is 292 g/mol. The van der Waals surface area contributed by atoms with Crippen LogP contribution in [0.15, 0.2) is 40.7 Å². The molecule has 0 bridgehead atoms. The van der Waals surface area contributed by atoms with E-state index >= 15 is 0 Å². The summed E-state index contributed by atoms with van der Waals surface area (Å²) < 4.78 is 0. The zero-order chi connectivity index (χ0) is 15.5. The Morgan fingerprint density at radius 3 is 2.86 bits per heavy atom. The number of nitrogens with zero attached hydrogens (tertiary/aromatic N) is 2. The molecule has 110 valence electrons. The van der Waals surface area contributed by atoms with Gasteiger partial charge in [0, 0.05) is 28.8 Å². The summed E-state index contributed by atoms with van der Waals surface area (Å²) in [6.07, 6.45) is 1.32. The van der Waals surface area contributed by atoms with Crippen molar-refractivity contribution in [3.05, 3.63) is 56.3 Å². The Hall–Kier alpha value is -2.25. The largest absolute Gasteiger partial charge is 0.507 e. The van der Waals surface area contributed by atoms with E-state index in [2.05, 4.69) is 4.99 Å². The highest BCUT2D eigenvalue weighted by Crippen LogP contribution is 2.26. The number of aliphatic imine (C=N–C) groups is 1. The van der Waals surface area contributed by atoms with Crippen LogP contribution in [0.2, 0.25) is 0 Å². The Bertz CT molecular complexity index is 666. The summed E-state index contributed by atoms with van der Waals surface area (Å²) in [6, 6.07) is 7.35. The van der Waals surface area contributed by atoms with Crippen LogP contribution in [-0.2, 0) is 5.60 Å². The van der Waals surface area contributed by atoms with Gasteiger partial charge in [-0.15, -0.1) is 11.3 Å². The average Bonchev–Trinajstić information content (AvgIpc) is 2.95. The Balaban J connectivity index is 2.15. The van der Waals surface area contributed by atoms with Gasteiger partial charge < -0.3 is 10.2 Å². The molecule has 2 rings (SSSR count). The third-order valence-electron chi connectivity index (χ3n) is 2.90. The third kappa shape index (κ3) is 3.65. The summed E-state index contributed by atoms with van der Waals surface area (Å²) in [5, 5.41) is 32.5. The number of hydrogen-bond donors (Lipinski definition) is 2. The minimum absolute atomic E-state index is 0.0929. The van der Waals surface area contributed by atoms with Crippen molar-refractivity contribution in [2.75, 3.05) is 6.54 Å². The molecule has 6 nitrogen and oxygen atoms in total. The van der Waals surface area contributed by atoms with Gasteiger partial charge in [-0.3, -0.25) is 15.1 Å². The van der Waals surface area contributed by atoms with Gasteiger partial charge in [-0.1, -0.05) is 6.07 Å². The van der Waals surface area contributed by atoms with Crippen LogP contribution in [0.1, 0.15) is 17.4 Å². The van der Waals surface area contributed by atoms with E-state index in [-0.39, 0.29) is 23.5 Å². The van der Waals surface area contributed by atoms with E-state index in [9.17, 15) is 20.3 Å². The lowest BCUT2D eigenvalue weighted by atomic mass is 10.1. The van der Waals surface area contributed by atoms with Gasteiger partial charge in [0.15, 0.2) is 0 Å². The first-order valence-electron chi connectivity index (χ1n) is 6.14. The van der Waals surface area contributed by atoms with Gasteiger partial charge in [0.05, 0.1) is 11.5 Å². The number of hydrogen-bond acceptors (Lipinski definition) is 6. The monoisotopic (exact) mass is 306 g/mol. The van der Waals surface area contributed by atoms with E-state index in [0.717, 1.165) is 4.88 Å². The van der Waals surface area contributed by atoms with Gasteiger partial charge in [0.25, 0.3) is 5.69 Å². The van der Waals surface area contributed by atoms with Crippen LogP contribution >= 0.6 is 11.3 Å². The topological polar surface area (TPSA) is 96.0 Å². The fourth-order valence-corrected chi connectivity index (χ4v) is 2.52. The minimum Gasteiger partial charge on any atom is -0.507 e. The molecular formula is C14H14N2O4S. The van der Waals surface area contributed by atoms with Crippen LogP contribution < -0.4 is 0 Å². The lowest BCUT2D eigenvalue weighted by molar-refractivity contribution is -0.384. The molecule has 1 atom stereocenters. The molecule has 2 N–H and O–H groups in total. The predicted molar refractivity (Wildman–Crippen MR) is 81.1 cm³/mol. The van der Waals surface area contributed by atoms with Crippen molar-refractivity contribution in [3.63, 3.8) is 0 Å². The standard InChI is InChI=1S/C14H14N2O4S/c1-14(18,13-3-2-6-21-13)9-15-8-10-7-11(16(19)20)4-5-12(10)17/h2-8,17-18H,9H2,1H3. The second kappa shape index (κ2) is 6.02. The summed E-state index contributed by atoms with van der Waals surface area (Å²) in [7, 11) is 0. The molecule has 0 amide bonds. The number of phenolic OH excluding ortho intramolecular Hbond substituents is 1. The van der Waals surface area contributed by atoms with Crippen molar-refractivity contribution < 1.29 is 15.1 Å². The van der Waals surface area contributed by atoms with Gasteiger partial charge in [-0.25, -0.2) is 0 Å². The molecule has 7 heteroatoms. The zero-order valence-electron chi connectivity index (χ0n) is 11.3. The molecule has 0 radical (unpaired) electrons. The Labute approximate surface area is 125 Å². The molecule has 1 aromatic carbocycles. The van der Waals surface area contributed by atoms with Gasteiger partial charge in [-0.2, -0.15) is 0 Å². The number of non-ortho nitro benzene ring substituents is 1. The van der Waals surface area contributed by atoms with Crippen molar-refractivity contribution in [2.45, 2.75) is 12.5 Å². The maximum Gasteiger partial charge on any atom is 0.270 e. The highest BCUT2D eigenvalue weighted by molar-refractivity contribution is 7.10. The van der Waals surface area contributed by atoms with Crippen molar-refractivity contribution in [2.24, 2.45) is 4.99 Å². The van der Waals surface area contributed by atoms with Crippen molar-refractivity contribution >= 4 is 23.2 Å². The van der Waals surface area contributed by atoms with Crippen LogP contribution in [0.4, 0.5) is 5.69 Å². The predicted octanol–water partition coefficient (Wildman–Crippen LogP) is 2.69. The molecule has 0 aliphatic heterocycles.